The maximum atomic E-state index is 12.0. The van der Waals surface area contributed by atoms with Gasteiger partial charge in [0.25, 0.3) is 10.0 Å². The topological polar surface area (TPSA) is 68.3 Å². The minimum atomic E-state index is -3.50. The molecule has 2 rings (SSSR count). The second-order valence-electron chi connectivity index (χ2n) is 3.99. The van der Waals surface area contributed by atoms with Gasteiger partial charge in [-0.05, 0) is 19.8 Å². The number of halogens is 1. The average Bonchev–Trinajstić information content (AvgIpc) is 2.51. The van der Waals surface area contributed by atoms with Gasteiger partial charge in [-0.15, -0.1) is 0 Å². The normalized spacial score (nSPS) is 24.6. The summed E-state index contributed by atoms with van der Waals surface area (Å²) < 4.78 is 32.2. The molecule has 0 aliphatic heterocycles. The van der Waals surface area contributed by atoms with E-state index in [-0.39, 0.29) is 20.8 Å². The lowest BCUT2D eigenvalue weighted by Gasteiger charge is -2.34. The first-order valence-electron chi connectivity index (χ1n) is 5.10. The summed E-state index contributed by atoms with van der Waals surface area (Å²) in [5.41, 5.74) is 0.440. The summed E-state index contributed by atoms with van der Waals surface area (Å²) in [5.74, 6) is 0. The molecule has 1 aliphatic carbocycles. The molecule has 1 N–H and O–H groups in total. The standard InChI is InChI=1S/C9H13ClN2O3S2/c1-5-8(16-9(10)11-5)17(13,14)12-6-3-7(4-6)15-2/h6-7,12H,3-4H2,1-2H3. The van der Waals surface area contributed by atoms with E-state index in [1.54, 1.807) is 14.0 Å². The van der Waals surface area contributed by atoms with E-state index in [1.165, 1.54) is 0 Å². The Morgan fingerprint density at radius 1 is 1.53 bits per heavy atom. The van der Waals surface area contributed by atoms with Crippen LogP contribution >= 0.6 is 22.9 Å². The van der Waals surface area contributed by atoms with Crippen molar-refractivity contribution in [1.29, 1.82) is 0 Å². The molecule has 8 heteroatoms. The lowest BCUT2D eigenvalue weighted by Crippen LogP contribution is -2.47. The number of nitrogens with one attached hydrogen (secondary N) is 1. The summed E-state index contributed by atoms with van der Waals surface area (Å²) in [6.45, 7) is 1.63. The molecule has 1 aromatic rings. The lowest BCUT2D eigenvalue weighted by atomic mass is 9.90. The zero-order chi connectivity index (χ0) is 12.6. The summed E-state index contributed by atoms with van der Waals surface area (Å²) >= 11 is 6.67. The molecule has 17 heavy (non-hydrogen) atoms. The van der Waals surface area contributed by atoms with Crippen molar-refractivity contribution in [2.24, 2.45) is 0 Å². The molecule has 0 aromatic carbocycles. The molecule has 0 bridgehead atoms. The first-order valence-corrected chi connectivity index (χ1v) is 7.78. The number of sulfonamides is 1. The Bertz CT molecular complexity index is 508. The third-order valence-corrected chi connectivity index (χ3v) is 6.11. The molecule has 0 amide bonds. The van der Waals surface area contributed by atoms with Crippen molar-refractivity contribution < 1.29 is 13.2 Å². The summed E-state index contributed by atoms with van der Waals surface area (Å²) in [6, 6.07) is -0.0507. The van der Waals surface area contributed by atoms with E-state index in [9.17, 15) is 8.42 Å². The second-order valence-corrected chi connectivity index (χ2v) is 7.48. The van der Waals surface area contributed by atoms with Gasteiger partial charge in [-0.2, -0.15) is 0 Å². The van der Waals surface area contributed by atoms with Crippen molar-refractivity contribution in [3.8, 4) is 0 Å². The van der Waals surface area contributed by atoms with Gasteiger partial charge in [-0.3, -0.25) is 0 Å². The summed E-state index contributed by atoms with van der Waals surface area (Å²) in [6.07, 6.45) is 1.58. The Morgan fingerprint density at radius 3 is 2.65 bits per heavy atom. The van der Waals surface area contributed by atoms with Gasteiger partial charge < -0.3 is 4.74 Å². The molecule has 1 aromatic heterocycles. The molecule has 5 nitrogen and oxygen atoms in total. The van der Waals surface area contributed by atoms with Crippen LogP contribution in [0.15, 0.2) is 4.21 Å². The Balaban J connectivity index is 2.07. The number of nitrogens with zero attached hydrogens (tertiary/aromatic N) is 1. The lowest BCUT2D eigenvalue weighted by molar-refractivity contribution is 0.0236. The minimum absolute atomic E-state index is 0.0507. The van der Waals surface area contributed by atoms with Crippen LogP contribution in [0.25, 0.3) is 0 Å². The van der Waals surface area contributed by atoms with Crippen LogP contribution in [0.2, 0.25) is 4.47 Å². The monoisotopic (exact) mass is 296 g/mol. The van der Waals surface area contributed by atoms with Crippen molar-refractivity contribution in [3.05, 3.63) is 10.2 Å². The van der Waals surface area contributed by atoms with E-state index in [0.29, 0.717) is 18.5 Å². The Kier molecular flexibility index (Phi) is 3.74. The van der Waals surface area contributed by atoms with Crippen LogP contribution in [0.3, 0.4) is 0 Å². The number of rotatable bonds is 4. The number of hydrogen-bond acceptors (Lipinski definition) is 5. The van der Waals surface area contributed by atoms with Crippen LogP contribution in [0.4, 0.5) is 0 Å². The number of aromatic nitrogens is 1. The molecule has 1 fully saturated rings. The van der Waals surface area contributed by atoms with Crippen LogP contribution in [-0.4, -0.2) is 32.7 Å². The first kappa shape index (κ1) is 13.2. The van der Waals surface area contributed by atoms with Crippen LogP contribution in [0, 0.1) is 6.92 Å². The second kappa shape index (κ2) is 4.81. The molecule has 0 radical (unpaired) electrons. The zero-order valence-electron chi connectivity index (χ0n) is 9.44. The quantitative estimate of drug-likeness (QED) is 0.915. The van der Waals surface area contributed by atoms with Crippen molar-refractivity contribution in [2.75, 3.05) is 7.11 Å². The van der Waals surface area contributed by atoms with Crippen LogP contribution in [-0.2, 0) is 14.8 Å². The molecule has 1 aliphatic rings. The third-order valence-electron chi connectivity index (χ3n) is 2.72. The fourth-order valence-electron chi connectivity index (χ4n) is 1.73. The average molecular weight is 297 g/mol. The fourth-order valence-corrected chi connectivity index (χ4v) is 4.74. The maximum absolute atomic E-state index is 12.0. The highest BCUT2D eigenvalue weighted by molar-refractivity contribution is 7.91. The molecule has 0 spiro atoms. The Labute approximate surface area is 109 Å². The van der Waals surface area contributed by atoms with Crippen LogP contribution in [0.1, 0.15) is 18.5 Å². The van der Waals surface area contributed by atoms with Crippen molar-refractivity contribution in [2.45, 2.75) is 36.1 Å². The molecule has 0 saturated heterocycles. The van der Waals surface area contributed by atoms with Crippen LogP contribution in [0.5, 0.6) is 0 Å². The summed E-state index contributed by atoms with van der Waals surface area (Å²) in [7, 11) is -1.87. The van der Waals surface area contributed by atoms with Crippen molar-refractivity contribution >= 4 is 33.0 Å². The van der Waals surface area contributed by atoms with E-state index < -0.39 is 10.0 Å². The number of methoxy groups -OCH3 is 1. The van der Waals surface area contributed by atoms with E-state index in [2.05, 4.69) is 9.71 Å². The highest BCUT2D eigenvalue weighted by Gasteiger charge is 2.34. The van der Waals surface area contributed by atoms with E-state index in [0.717, 1.165) is 11.3 Å². The highest BCUT2D eigenvalue weighted by Crippen LogP contribution is 2.29. The Hall–Kier alpha value is -0.210. The number of hydrogen-bond donors (Lipinski definition) is 1. The molecule has 96 valence electrons. The number of ether oxygens (including phenoxy) is 1. The van der Waals surface area contributed by atoms with Gasteiger partial charge in [0.1, 0.15) is 0 Å². The van der Waals surface area contributed by atoms with E-state index in [4.69, 9.17) is 16.3 Å². The SMILES string of the molecule is COC1CC(NS(=O)(=O)c2sc(Cl)nc2C)C1. The fraction of sp³-hybridized carbons (Fsp3) is 0.667. The number of thiazole rings is 1. The van der Waals surface area contributed by atoms with Gasteiger partial charge in [0.05, 0.1) is 11.8 Å². The molecular formula is C9H13ClN2O3S2. The van der Waals surface area contributed by atoms with Gasteiger partial charge in [-0.1, -0.05) is 22.9 Å². The Morgan fingerprint density at radius 2 is 2.18 bits per heavy atom. The van der Waals surface area contributed by atoms with Gasteiger partial charge >= 0.3 is 0 Å². The predicted octanol–water partition coefficient (Wildman–Crippen LogP) is 1.56. The third kappa shape index (κ3) is 2.79. The summed E-state index contributed by atoms with van der Waals surface area (Å²) in [4.78, 5) is 3.90. The van der Waals surface area contributed by atoms with Gasteiger partial charge in [0.2, 0.25) is 0 Å². The van der Waals surface area contributed by atoms with E-state index >= 15 is 0 Å². The zero-order valence-corrected chi connectivity index (χ0v) is 11.8. The van der Waals surface area contributed by atoms with Gasteiger partial charge in [0, 0.05) is 13.2 Å². The van der Waals surface area contributed by atoms with Crippen LogP contribution < -0.4 is 4.72 Å². The van der Waals surface area contributed by atoms with Crippen molar-refractivity contribution in [3.63, 3.8) is 0 Å². The molecular weight excluding hydrogens is 284 g/mol. The molecule has 0 unspecified atom stereocenters. The van der Waals surface area contributed by atoms with Gasteiger partial charge in [-0.25, -0.2) is 18.1 Å². The smallest absolute Gasteiger partial charge is 0.252 e. The predicted molar refractivity (Wildman–Crippen MR) is 66.0 cm³/mol. The highest BCUT2D eigenvalue weighted by atomic mass is 35.5. The molecule has 0 atom stereocenters. The minimum Gasteiger partial charge on any atom is -0.381 e. The molecule has 1 heterocycles. The van der Waals surface area contributed by atoms with Crippen molar-refractivity contribution in [1.82, 2.24) is 9.71 Å². The largest absolute Gasteiger partial charge is 0.381 e. The number of aryl methyl sites for hydroxylation is 1. The van der Waals surface area contributed by atoms with E-state index in [1.807, 2.05) is 0 Å². The molecule has 1 saturated carbocycles. The van der Waals surface area contributed by atoms with Gasteiger partial charge in [0.15, 0.2) is 8.68 Å². The first-order chi connectivity index (χ1) is 7.92. The maximum Gasteiger partial charge on any atom is 0.252 e. The summed E-state index contributed by atoms with van der Waals surface area (Å²) in [5, 5.41) is 0.